The van der Waals surface area contributed by atoms with Gasteiger partial charge in [-0.05, 0) is 30.7 Å². The second-order valence-corrected chi connectivity index (χ2v) is 5.68. The summed E-state index contributed by atoms with van der Waals surface area (Å²) in [6.45, 7) is 2.48. The summed E-state index contributed by atoms with van der Waals surface area (Å²) in [5, 5.41) is 7.29. The smallest absolute Gasteiger partial charge is 0.191 e. The average molecular weight is 444 g/mol. The number of rotatable bonds is 8. The van der Waals surface area contributed by atoms with E-state index in [1.54, 1.807) is 25.9 Å². The molecule has 120 valence electrons. The van der Waals surface area contributed by atoms with Crippen LogP contribution in [0.5, 0.6) is 0 Å². The second-order valence-electron chi connectivity index (χ2n) is 4.07. The van der Waals surface area contributed by atoms with Gasteiger partial charge < -0.3 is 15.4 Å². The lowest BCUT2D eigenvalue weighted by atomic mass is 10.4. The predicted octanol–water partition coefficient (Wildman–Crippen LogP) is 3.25. The van der Waals surface area contributed by atoms with E-state index >= 15 is 0 Å². The molecule has 0 bridgehead atoms. The molecule has 0 atom stereocenters. The van der Waals surface area contributed by atoms with Gasteiger partial charge in [0.2, 0.25) is 0 Å². The standard InChI is InChI=1S/C14H22ClN3OS.HI/c1-16-14(17-8-3-10-19-2)18-9-11-20-13-6-4-12(15)5-7-13;/h4-7H,3,8-11H2,1-2H3,(H2,16,17,18);1H. The van der Waals surface area contributed by atoms with Gasteiger partial charge >= 0.3 is 0 Å². The molecule has 0 aliphatic heterocycles. The monoisotopic (exact) mass is 443 g/mol. The summed E-state index contributed by atoms with van der Waals surface area (Å²) in [5.41, 5.74) is 0. The first-order chi connectivity index (χ1) is 9.76. The van der Waals surface area contributed by atoms with Gasteiger partial charge in [-0.2, -0.15) is 0 Å². The Morgan fingerprint density at radius 1 is 1.24 bits per heavy atom. The molecule has 7 heteroatoms. The van der Waals surface area contributed by atoms with Crippen molar-refractivity contribution in [3.05, 3.63) is 29.3 Å². The van der Waals surface area contributed by atoms with Gasteiger partial charge in [-0.1, -0.05) is 11.6 Å². The van der Waals surface area contributed by atoms with Crippen LogP contribution in [0, 0.1) is 0 Å². The number of nitrogens with zero attached hydrogens (tertiary/aromatic N) is 1. The van der Waals surface area contributed by atoms with Crippen LogP contribution in [0.4, 0.5) is 0 Å². The summed E-state index contributed by atoms with van der Waals surface area (Å²) in [7, 11) is 3.49. The number of ether oxygens (including phenoxy) is 1. The molecule has 0 aromatic heterocycles. The van der Waals surface area contributed by atoms with Gasteiger partial charge in [0.25, 0.3) is 0 Å². The van der Waals surface area contributed by atoms with E-state index in [1.807, 2.05) is 24.3 Å². The van der Waals surface area contributed by atoms with E-state index in [0.717, 1.165) is 42.9 Å². The maximum atomic E-state index is 5.85. The van der Waals surface area contributed by atoms with Crippen molar-refractivity contribution in [1.29, 1.82) is 0 Å². The lowest BCUT2D eigenvalue weighted by Crippen LogP contribution is -2.39. The Balaban J connectivity index is 0.00000400. The molecule has 0 amide bonds. The van der Waals surface area contributed by atoms with Gasteiger partial charge in [0.1, 0.15) is 0 Å². The highest BCUT2D eigenvalue weighted by Gasteiger charge is 1.98. The number of guanidine groups is 1. The Hall–Kier alpha value is -0.180. The molecular weight excluding hydrogens is 421 g/mol. The minimum absolute atomic E-state index is 0. The van der Waals surface area contributed by atoms with Gasteiger partial charge in [-0.15, -0.1) is 35.7 Å². The molecular formula is C14H23ClIN3OS. The molecule has 2 N–H and O–H groups in total. The highest BCUT2D eigenvalue weighted by molar-refractivity contribution is 14.0. The topological polar surface area (TPSA) is 45.7 Å². The van der Waals surface area contributed by atoms with Gasteiger partial charge in [0.15, 0.2) is 5.96 Å². The Morgan fingerprint density at radius 2 is 1.90 bits per heavy atom. The number of hydrogen-bond acceptors (Lipinski definition) is 3. The molecule has 0 saturated heterocycles. The summed E-state index contributed by atoms with van der Waals surface area (Å²) < 4.78 is 5.00. The highest BCUT2D eigenvalue weighted by atomic mass is 127. The molecule has 0 fully saturated rings. The summed E-state index contributed by atoms with van der Waals surface area (Å²) in [6, 6.07) is 7.89. The van der Waals surface area contributed by atoms with E-state index in [1.165, 1.54) is 4.90 Å². The van der Waals surface area contributed by atoms with E-state index in [-0.39, 0.29) is 24.0 Å². The number of thioether (sulfide) groups is 1. The Morgan fingerprint density at radius 3 is 2.52 bits per heavy atom. The third-order valence-electron chi connectivity index (χ3n) is 2.52. The zero-order chi connectivity index (χ0) is 14.6. The van der Waals surface area contributed by atoms with E-state index in [2.05, 4.69) is 15.6 Å². The Bertz CT molecular complexity index is 404. The molecule has 0 saturated carbocycles. The number of benzene rings is 1. The SMILES string of the molecule is CN=C(NCCCOC)NCCSc1ccc(Cl)cc1.I. The van der Waals surface area contributed by atoms with Gasteiger partial charge in [-0.3, -0.25) is 4.99 Å². The molecule has 0 aliphatic rings. The van der Waals surface area contributed by atoms with Crippen LogP contribution < -0.4 is 10.6 Å². The van der Waals surface area contributed by atoms with Crippen LogP contribution >= 0.6 is 47.3 Å². The van der Waals surface area contributed by atoms with Crippen molar-refractivity contribution in [3.8, 4) is 0 Å². The van der Waals surface area contributed by atoms with E-state index in [0.29, 0.717) is 0 Å². The summed E-state index contributed by atoms with van der Waals surface area (Å²) in [6.07, 6.45) is 0.969. The largest absolute Gasteiger partial charge is 0.385 e. The Labute approximate surface area is 153 Å². The second kappa shape index (κ2) is 13.5. The van der Waals surface area contributed by atoms with Gasteiger partial charge in [-0.25, -0.2) is 0 Å². The highest BCUT2D eigenvalue weighted by Crippen LogP contribution is 2.19. The minimum Gasteiger partial charge on any atom is -0.385 e. The van der Waals surface area contributed by atoms with Crippen LogP contribution in [0.15, 0.2) is 34.2 Å². The van der Waals surface area contributed by atoms with Crippen LogP contribution in [0.2, 0.25) is 5.02 Å². The predicted molar refractivity (Wildman–Crippen MR) is 103 cm³/mol. The zero-order valence-electron chi connectivity index (χ0n) is 12.4. The van der Waals surface area contributed by atoms with Crippen molar-refractivity contribution in [1.82, 2.24) is 10.6 Å². The maximum absolute atomic E-state index is 5.85. The first-order valence-corrected chi connectivity index (χ1v) is 7.94. The molecule has 1 aromatic rings. The maximum Gasteiger partial charge on any atom is 0.191 e. The number of methoxy groups -OCH3 is 1. The van der Waals surface area contributed by atoms with E-state index in [9.17, 15) is 0 Å². The van der Waals surface area contributed by atoms with E-state index in [4.69, 9.17) is 16.3 Å². The van der Waals surface area contributed by atoms with E-state index < -0.39 is 0 Å². The number of aliphatic imine (C=N–C) groups is 1. The molecule has 0 unspecified atom stereocenters. The third-order valence-corrected chi connectivity index (χ3v) is 3.78. The summed E-state index contributed by atoms with van der Waals surface area (Å²) >= 11 is 7.64. The van der Waals surface area contributed by atoms with Crippen LogP contribution in [0.3, 0.4) is 0 Å². The summed E-state index contributed by atoms with van der Waals surface area (Å²) in [5.74, 6) is 1.80. The average Bonchev–Trinajstić information content (AvgIpc) is 2.47. The fourth-order valence-electron chi connectivity index (χ4n) is 1.51. The van der Waals surface area contributed by atoms with Crippen LogP contribution in [-0.2, 0) is 4.74 Å². The fraction of sp³-hybridized carbons (Fsp3) is 0.500. The lowest BCUT2D eigenvalue weighted by Gasteiger charge is -2.11. The number of halogens is 2. The minimum atomic E-state index is 0. The lowest BCUT2D eigenvalue weighted by molar-refractivity contribution is 0.195. The van der Waals surface area contributed by atoms with Crippen molar-refractivity contribution >= 4 is 53.3 Å². The molecule has 21 heavy (non-hydrogen) atoms. The molecule has 4 nitrogen and oxygen atoms in total. The van der Waals surface area contributed by atoms with Crippen molar-refractivity contribution in [2.24, 2.45) is 4.99 Å². The van der Waals surface area contributed by atoms with Crippen molar-refractivity contribution in [2.45, 2.75) is 11.3 Å². The van der Waals surface area contributed by atoms with Crippen molar-refractivity contribution in [3.63, 3.8) is 0 Å². The first-order valence-electron chi connectivity index (χ1n) is 6.58. The third kappa shape index (κ3) is 10.2. The fourth-order valence-corrected chi connectivity index (χ4v) is 2.41. The van der Waals surface area contributed by atoms with Crippen molar-refractivity contribution < 1.29 is 4.74 Å². The first kappa shape index (κ1) is 20.8. The molecule has 0 heterocycles. The summed E-state index contributed by atoms with van der Waals surface area (Å²) in [4.78, 5) is 5.39. The van der Waals surface area contributed by atoms with Crippen LogP contribution in [0.1, 0.15) is 6.42 Å². The van der Waals surface area contributed by atoms with Crippen LogP contribution in [-0.4, -0.2) is 45.6 Å². The molecule has 0 aliphatic carbocycles. The number of hydrogen-bond donors (Lipinski definition) is 2. The Kier molecular flexibility index (Phi) is 13.4. The van der Waals surface area contributed by atoms with Gasteiger partial charge in [0, 0.05) is 49.5 Å². The molecule has 1 rings (SSSR count). The molecule has 0 spiro atoms. The van der Waals surface area contributed by atoms with Crippen LogP contribution in [0.25, 0.3) is 0 Å². The molecule has 0 radical (unpaired) electrons. The molecule has 1 aromatic carbocycles. The quantitative estimate of drug-likeness (QED) is 0.213. The van der Waals surface area contributed by atoms with Gasteiger partial charge in [0.05, 0.1) is 0 Å². The number of nitrogens with one attached hydrogen (secondary N) is 2. The zero-order valence-corrected chi connectivity index (χ0v) is 16.3. The normalized spacial score (nSPS) is 10.9. The van der Waals surface area contributed by atoms with Crippen molar-refractivity contribution in [2.75, 3.05) is 39.6 Å².